The van der Waals surface area contributed by atoms with Crippen LogP contribution in [-0.2, 0) is 13.0 Å². The predicted molar refractivity (Wildman–Crippen MR) is 137 cm³/mol. The Balaban J connectivity index is 1.55. The van der Waals surface area contributed by atoms with Crippen LogP contribution in [0.1, 0.15) is 74.9 Å². The van der Waals surface area contributed by atoms with E-state index in [1.165, 1.54) is 29.3 Å². The smallest absolute Gasteiger partial charge is 0.259 e. The third kappa shape index (κ3) is 5.08. The van der Waals surface area contributed by atoms with E-state index in [0.717, 1.165) is 24.8 Å². The molecule has 2 heterocycles. The number of hydrogen-bond donors (Lipinski definition) is 3. The molecule has 2 aliphatic rings. The molecule has 4 rings (SSSR count). The summed E-state index contributed by atoms with van der Waals surface area (Å²) in [4.78, 5) is 14.8. The highest BCUT2D eigenvalue weighted by Crippen LogP contribution is 2.47. The highest BCUT2D eigenvalue weighted by atomic mass is 16.5. The second-order valence-electron chi connectivity index (χ2n) is 10.2. The van der Waals surface area contributed by atoms with Crippen molar-refractivity contribution in [1.29, 1.82) is 0 Å². The van der Waals surface area contributed by atoms with Gasteiger partial charge in [0.15, 0.2) is 0 Å². The lowest BCUT2D eigenvalue weighted by Gasteiger charge is -2.40. The van der Waals surface area contributed by atoms with Gasteiger partial charge in [-0.1, -0.05) is 23.3 Å². The molecule has 6 heteroatoms. The lowest BCUT2D eigenvalue weighted by Crippen LogP contribution is -2.49. The van der Waals surface area contributed by atoms with Gasteiger partial charge in [-0.3, -0.25) is 4.79 Å². The molecule has 2 aromatic rings. The number of ether oxygens (including phenoxy) is 1. The van der Waals surface area contributed by atoms with Gasteiger partial charge in [-0.2, -0.15) is 0 Å². The van der Waals surface area contributed by atoms with Crippen molar-refractivity contribution in [3.05, 3.63) is 70.3 Å². The maximum Gasteiger partial charge on any atom is 0.259 e. The normalized spacial score (nSPS) is 21.4. The van der Waals surface area contributed by atoms with E-state index in [1.54, 1.807) is 17.0 Å². The van der Waals surface area contributed by atoms with Crippen molar-refractivity contribution in [3.63, 3.8) is 0 Å². The van der Waals surface area contributed by atoms with Gasteiger partial charge in [-0.25, -0.2) is 0 Å². The molecule has 0 aromatic heterocycles. The first-order valence-corrected chi connectivity index (χ1v) is 12.2. The molecule has 2 aliphatic heterocycles. The Hall–Kier alpha value is -3.25. The lowest BCUT2D eigenvalue weighted by molar-refractivity contribution is -0.0597. The van der Waals surface area contributed by atoms with E-state index in [4.69, 9.17) is 4.74 Å². The van der Waals surface area contributed by atoms with Crippen LogP contribution < -0.4 is 9.64 Å². The largest absolute Gasteiger partial charge is 0.508 e. The summed E-state index contributed by atoms with van der Waals surface area (Å²) in [5.41, 5.74) is 4.13. The molecule has 3 N–H and O–H groups in total. The van der Waals surface area contributed by atoms with Crippen LogP contribution >= 0.6 is 0 Å². The number of aliphatic hydroxyl groups is 1. The predicted octanol–water partition coefficient (Wildman–Crippen LogP) is 5.79. The van der Waals surface area contributed by atoms with Crippen LogP contribution in [-0.4, -0.2) is 32.9 Å². The van der Waals surface area contributed by atoms with Gasteiger partial charge in [-0.05, 0) is 83.7 Å². The number of aliphatic hydroxyl groups excluding tert-OH is 1. The van der Waals surface area contributed by atoms with Gasteiger partial charge >= 0.3 is 0 Å². The monoisotopic (exact) mass is 477 g/mol. The number of phenols is 2. The van der Waals surface area contributed by atoms with Crippen molar-refractivity contribution in [2.24, 2.45) is 0 Å². The SMILES string of the molecule is CC(C)=CCC/C(C)=C/CCC1(C)Oc2c(c(O)cc3c2CN(c2ccc(O)cc2)C3=O)CC1O. The van der Waals surface area contributed by atoms with Gasteiger partial charge in [0, 0.05) is 23.2 Å². The number of hydrogen-bond acceptors (Lipinski definition) is 5. The summed E-state index contributed by atoms with van der Waals surface area (Å²) in [5.74, 6) is 0.375. The molecule has 0 saturated carbocycles. The number of allylic oxidation sites excluding steroid dienone is 4. The van der Waals surface area contributed by atoms with E-state index < -0.39 is 11.7 Å². The zero-order valence-electron chi connectivity index (χ0n) is 21.0. The summed E-state index contributed by atoms with van der Waals surface area (Å²) in [6.45, 7) is 8.54. The summed E-state index contributed by atoms with van der Waals surface area (Å²) in [7, 11) is 0. The fourth-order valence-electron chi connectivity index (χ4n) is 4.84. The van der Waals surface area contributed by atoms with Gasteiger partial charge in [0.2, 0.25) is 0 Å². The second-order valence-corrected chi connectivity index (χ2v) is 10.2. The van der Waals surface area contributed by atoms with Crippen LogP contribution in [0.4, 0.5) is 5.69 Å². The number of carbonyl (C=O) groups is 1. The van der Waals surface area contributed by atoms with Crippen LogP contribution in [0.5, 0.6) is 17.2 Å². The van der Waals surface area contributed by atoms with Crippen LogP contribution in [0, 0.1) is 0 Å². The number of phenolic OH excluding ortho intramolecular Hbond substituents is 2. The molecular formula is C29H35NO5. The first-order chi connectivity index (χ1) is 16.6. The van der Waals surface area contributed by atoms with Gasteiger partial charge in [0.05, 0.1) is 18.2 Å². The minimum absolute atomic E-state index is 0.0317. The van der Waals surface area contributed by atoms with Crippen LogP contribution in [0.25, 0.3) is 0 Å². The quantitative estimate of drug-likeness (QED) is 0.440. The summed E-state index contributed by atoms with van der Waals surface area (Å²) < 4.78 is 6.43. The molecule has 0 bridgehead atoms. The first-order valence-electron chi connectivity index (χ1n) is 12.2. The Kier molecular flexibility index (Phi) is 6.95. The number of benzene rings is 2. The zero-order chi connectivity index (χ0) is 25.3. The number of aromatic hydroxyl groups is 2. The Labute approximate surface area is 207 Å². The van der Waals surface area contributed by atoms with E-state index in [-0.39, 0.29) is 23.8 Å². The van der Waals surface area contributed by atoms with Crippen LogP contribution in [0.2, 0.25) is 0 Å². The molecule has 0 radical (unpaired) electrons. The first kappa shape index (κ1) is 24.9. The number of anilines is 1. The van der Waals surface area contributed by atoms with Crippen molar-refractivity contribution in [2.45, 2.75) is 78.0 Å². The van der Waals surface area contributed by atoms with Crippen molar-refractivity contribution in [1.82, 2.24) is 0 Å². The minimum Gasteiger partial charge on any atom is -0.508 e. The van der Waals surface area contributed by atoms with Crippen molar-refractivity contribution in [2.75, 3.05) is 4.90 Å². The minimum atomic E-state index is -0.833. The molecule has 0 aliphatic carbocycles. The van der Waals surface area contributed by atoms with Crippen LogP contribution in [0.15, 0.2) is 53.6 Å². The Morgan fingerprint density at radius 1 is 1.11 bits per heavy atom. The number of fused-ring (bicyclic) bond motifs is 3. The van der Waals surface area contributed by atoms with E-state index in [9.17, 15) is 20.1 Å². The third-order valence-corrected chi connectivity index (χ3v) is 7.08. The number of carbonyl (C=O) groups excluding carboxylic acids is 1. The maximum atomic E-state index is 13.2. The number of amides is 1. The molecule has 2 aromatic carbocycles. The van der Waals surface area contributed by atoms with E-state index >= 15 is 0 Å². The summed E-state index contributed by atoms with van der Waals surface area (Å²) in [5, 5.41) is 31.2. The Morgan fingerprint density at radius 2 is 1.83 bits per heavy atom. The maximum absolute atomic E-state index is 13.2. The topological polar surface area (TPSA) is 90.2 Å². The third-order valence-electron chi connectivity index (χ3n) is 7.08. The standard InChI is InChI=1S/C29H35NO5/c1-18(2)7-5-8-19(3)9-6-14-29(4)26(33)16-23-25(32)15-22-24(27(23)35-29)17-30(28(22)34)20-10-12-21(31)13-11-20/h7,9-13,15,26,31-33H,5-6,8,14,16-17H2,1-4H3/b19-9+. The second kappa shape index (κ2) is 9.78. The molecule has 2 unspecified atom stereocenters. The molecule has 0 fully saturated rings. The fraction of sp³-hybridized carbons (Fsp3) is 0.414. The van der Waals surface area contributed by atoms with Gasteiger partial charge in [-0.15, -0.1) is 0 Å². The summed E-state index contributed by atoms with van der Waals surface area (Å²) in [6, 6.07) is 7.93. The van der Waals surface area contributed by atoms with Crippen LogP contribution in [0.3, 0.4) is 0 Å². The lowest BCUT2D eigenvalue weighted by atomic mass is 9.84. The summed E-state index contributed by atoms with van der Waals surface area (Å²) >= 11 is 0. The molecule has 6 nitrogen and oxygen atoms in total. The Morgan fingerprint density at radius 3 is 2.51 bits per heavy atom. The molecule has 35 heavy (non-hydrogen) atoms. The highest BCUT2D eigenvalue weighted by molar-refractivity contribution is 6.11. The van der Waals surface area contributed by atoms with Gasteiger partial charge in [0.1, 0.15) is 22.8 Å². The van der Waals surface area contributed by atoms with E-state index in [0.29, 0.717) is 35.5 Å². The molecule has 186 valence electrons. The zero-order valence-corrected chi connectivity index (χ0v) is 21.0. The molecule has 0 spiro atoms. The molecule has 1 amide bonds. The molecule has 0 saturated heterocycles. The van der Waals surface area contributed by atoms with Crippen molar-refractivity contribution < 1.29 is 24.9 Å². The number of nitrogens with zero attached hydrogens (tertiary/aromatic N) is 1. The summed E-state index contributed by atoms with van der Waals surface area (Å²) in [6.07, 6.45) is 7.34. The Bertz CT molecular complexity index is 1180. The molecular weight excluding hydrogens is 442 g/mol. The highest BCUT2D eigenvalue weighted by Gasteiger charge is 2.44. The van der Waals surface area contributed by atoms with E-state index in [1.807, 2.05) is 6.92 Å². The average Bonchev–Trinajstić information content (AvgIpc) is 3.12. The van der Waals surface area contributed by atoms with E-state index in [2.05, 4.69) is 32.9 Å². The fourth-order valence-corrected chi connectivity index (χ4v) is 4.84. The molecule has 2 atom stereocenters. The van der Waals surface area contributed by atoms with Crippen molar-refractivity contribution in [3.8, 4) is 17.2 Å². The van der Waals surface area contributed by atoms with Gasteiger partial charge < -0.3 is 25.0 Å². The van der Waals surface area contributed by atoms with Crippen molar-refractivity contribution >= 4 is 11.6 Å². The average molecular weight is 478 g/mol. The van der Waals surface area contributed by atoms with Gasteiger partial charge in [0.25, 0.3) is 5.91 Å². The number of rotatable bonds is 7.